The van der Waals surface area contributed by atoms with Crippen LogP contribution in [0.5, 0.6) is 0 Å². The number of oxime groups is 1. The molecule has 0 fully saturated rings. The van der Waals surface area contributed by atoms with E-state index in [0.29, 0.717) is 21.8 Å². The van der Waals surface area contributed by atoms with Gasteiger partial charge in [-0.05, 0) is 13.0 Å². The molecule has 0 spiro atoms. The SMILES string of the molecule is Cc1cc(/C(N)=N/O)nc(Sc2ncco2)n1. The van der Waals surface area contributed by atoms with E-state index in [2.05, 4.69) is 20.1 Å². The summed E-state index contributed by atoms with van der Waals surface area (Å²) in [5.74, 6) is -0.0650. The average Bonchev–Trinajstić information content (AvgIpc) is 2.80. The van der Waals surface area contributed by atoms with Crippen molar-refractivity contribution in [1.29, 1.82) is 0 Å². The van der Waals surface area contributed by atoms with E-state index in [1.807, 2.05) is 0 Å². The molecule has 2 aromatic heterocycles. The van der Waals surface area contributed by atoms with Crippen LogP contribution >= 0.6 is 11.8 Å². The molecule has 7 nitrogen and oxygen atoms in total. The van der Waals surface area contributed by atoms with Crippen molar-refractivity contribution in [2.75, 3.05) is 0 Å². The second-order valence-electron chi connectivity index (χ2n) is 3.06. The molecule has 0 saturated heterocycles. The maximum Gasteiger partial charge on any atom is 0.263 e. The number of nitrogens with two attached hydrogens (primary N) is 1. The third kappa shape index (κ3) is 2.72. The summed E-state index contributed by atoms with van der Waals surface area (Å²) in [7, 11) is 0. The molecular formula is C9H9N5O2S. The maximum atomic E-state index is 8.59. The summed E-state index contributed by atoms with van der Waals surface area (Å²) in [6.45, 7) is 1.79. The van der Waals surface area contributed by atoms with E-state index >= 15 is 0 Å². The minimum atomic E-state index is -0.0650. The van der Waals surface area contributed by atoms with Crippen LogP contribution in [-0.4, -0.2) is 26.0 Å². The Bertz CT molecular complexity index is 540. The van der Waals surface area contributed by atoms with E-state index in [9.17, 15) is 0 Å². The van der Waals surface area contributed by atoms with E-state index in [4.69, 9.17) is 15.4 Å². The largest absolute Gasteiger partial charge is 0.440 e. The molecule has 17 heavy (non-hydrogen) atoms. The van der Waals surface area contributed by atoms with Gasteiger partial charge in [-0.15, -0.1) is 0 Å². The average molecular weight is 251 g/mol. The van der Waals surface area contributed by atoms with Crippen LogP contribution in [-0.2, 0) is 0 Å². The second-order valence-corrected chi connectivity index (χ2v) is 3.98. The summed E-state index contributed by atoms with van der Waals surface area (Å²) in [5, 5.41) is 12.3. The number of aryl methyl sites for hydroxylation is 1. The molecule has 2 rings (SSSR count). The number of nitrogens with zero attached hydrogens (tertiary/aromatic N) is 4. The summed E-state index contributed by atoms with van der Waals surface area (Å²) >= 11 is 1.16. The predicted octanol–water partition coefficient (Wildman–Crippen LogP) is 1.02. The lowest BCUT2D eigenvalue weighted by Crippen LogP contribution is -2.16. The van der Waals surface area contributed by atoms with Gasteiger partial charge in [0, 0.05) is 17.5 Å². The van der Waals surface area contributed by atoms with Gasteiger partial charge in [-0.25, -0.2) is 15.0 Å². The number of rotatable bonds is 3. The van der Waals surface area contributed by atoms with Gasteiger partial charge in [0.2, 0.25) is 0 Å². The summed E-state index contributed by atoms with van der Waals surface area (Å²) in [5.41, 5.74) is 6.53. The molecule has 88 valence electrons. The molecule has 0 aliphatic heterocycles. The van der Waals surface area contributed by atoms with Crippen molar-refractivity contribution in [2.24, 2.45) is 10.9 Å². The Hall–Kier alpha value is -2.09. The maximum absolute atomic E-state index is 8.59. The van der Waals surface area contributed by atoms with Crippen molar-refractivity contribution >= 4 is 17.6 Å². The molecule has 0 bridgehead atoms. The van der Waals surface area contributed by atoms with E-state index < -0.39 is 0 Å². The quantitative estimate of drug-likeness (QED) is 0.275. The third-order valence-electron chi connectivity index (χ3n) is 1.79. The lowest BCUT2D eigenvalue weighted by Gasteiger charge is -2.02. The zero-order chi connectivity index (χ0) is 12.3. The van der Waals surface area contributed by atoms with Gasteiger partial charge in [0.1, 0.15) is 12.0 Å². The lowest BCUT2D eigenvalue weighted by atomic mass is 10.3. The van der Waals surface area contributed by atoms with Crippen LogP contribution in [0.1, 0.15) is 11.4 Å². The van der Waals surface area contributed by atoms with Crippen LogP contribution in [0.15, 0.2) is 38.5 Å². The summed E-state index contributed by atoms with van der Waals surface area (Å²) < 4.78 is 5.06. The third-order valence-corrected chi connectivity index (χ3v) is 2.53. The highest BCUT2D eigenvalue weighted by atomic mass is 32.2. The standard InChI is InChI=1S/C9H9N5O2S/c1-5-4-6(7(10)14-15)13-8(12-5)17-9-11-2-3-16-9/h2-4,15H,1H3,(H2,10,14). The van der Waals surface area contributed by atoms with Crippen LogP contribution < -0.4 is 5.73 Å². The van der Waals surface area contributed by atoms with Gasteiger partial charge in [0.15, 0.2) is 11.0 Å². The molecule has 0 aliphatic carbocycles. The molecule has 0 amide bonds. The highest BCUT2D eigenvalue weighted by molar-refractivity contribution is 7.98. The molecule has 0 atom stereocenters. The molecule has 2 aromatic rings. The van der Waals surface area contributed by atoms with Crippen LogP contribution in [0.25, 0.3) is 0 Å². The molecule has 0 radical (unpaired) electrons. The van der Waals surface area contributed by atoms with Gasteiger partial charge < -0.3 is 15.4 Å². The molecular weight excluding hydrogens is 242 g/mol. The number of hydrogen-bond donors (Lipinski definition) is 2. The van der Waals surface area contributed by atoms with Gasteiger partial charge in [-0.2, -0.15) is 0 Å². The normalized spacial score (nSPS) is 11.7. The Balaban J connectivity index is 2.32. The summed E-state index contributed by atoms with van der Waals surface area (Å²) in [6.07, 6.45) is 2.99. The fourth-order valence-electron chi connectivity index (χ4n) is 1.11. The second kappa shape index (κ2) is 4.83. The Morgan fingerprint density at radius 1 is 1.53 bits per heavy atom. The van der Waals surface area contributed by atoms with Gasteiger partial charge >= 0.3 is 0 Å². The van der Waals surface area contributed by atoms with E-state index in [1.165, 1.54) is 12.5 Å². The molecule has 0 unspecified atom stereocenters. The highest BCUT2D eigenvalue weighted by Crippen LogP contribution is 2.22. The topological polar surface area (TPSA) is 110 Å². The Kier molecular flexibility index (Phi) is 3.24. The summed E-state index contributed by atoms with van der Waals surface area (Å²) in [6, 6.07) is 1.62. The number of aromatic nitrogens is 3. The first-order chi connectivity index (χ1) is 8.19. The van der Waals surface area contributed by atoms with Crippen molar-refractivity contribution in [3.8, 4) is 0 Å². The van der Waals surface area contributed by atoms with Gasteiger partial charge in [-0.3, -0.25) is 0 Å². The predicted molar refractivity (Wildman–Crippen MR) is 59.9 cm³/mol. The van der Waals surface area contributed by atoms with E-state index in [-0.39, 0.29) is 5.84 Å². The zero-order valence-corrected chi connectivity index (χ0v) is 9.68. The minimum absolute atomic E-state index is 0.0650. The van der Waals surface area contributed by atoms with Crippen LogP contribution in [0.2, 0.25) is 0 Å². The molecule has 0 aliphatic rings. The van der Waals surface area contributed by atoms with Crippen molar-refractivity contribution in [3.63, 3.8) is 0 Å². The Morgan fingerprint density at radius 3 is 3.00 bits per heavy atom. The molecule has 2 heterocycles. The monoisotopic (exact) mass is 251 g/mol. The Morgan fingerprint density at radius 2 is 2.35 bits per heavy atom. The van der Waals surface area contributed by atoms with Crippen LogP contribution in [0, 0.1) is 6.92 Å². The first-order valence-corrected chi connectivity index (χ1v) is 5.41. The first-order valence-electron chi connectivity index (χ1n) is 4.60. The van der Waals surface area contributed by atoms with Gasteiger partial charge in [-0.1, -0.05) is 5.16 Å². The van der Waals surface area contributed by atoms with Crippen LogP contribution in [0.3, 0.4) is 0 Å². The fourth-order valence-corrected chi connectivity index (χ4v) is 1.82. The van der Waals surface area contributed by atoms with Crippen LogP contribution in [0.4, 0.5) is 0 Å². The van der Waals surface area contributed by atoms with E-state index in [1.54, 1.807) is 13.0 Å². The van der Waals surface area contributed by atoms with Crippen molar-refractivity contribution < 1.29 is 9.62 Å². The fraction of sp³-hybridized carbons (Fsp3) is 0.111. The number of amidine groups is 1. The van der Waals surface area contributed by atoms with E-state index in [0.717, 1.165) is 11.8 Å². The first kappa shape index (κ1) is 11.4. The van der Waals surface area contributed by atoms with Crippen molar-refractivity contribution in [2.45, 2.75) is 17.3 Å². The van der Waals surface area contributed by atoms with Crippen molar-refractivity contribution in [1.82, 2.24) is 15.0 Å². The highest BCUT2D eigenvalue weighted by Gasteiger charge is 2.09. The lowest BCUT2D eigenvalue weighted by molar-refractivity contribution is 0.318. The molecule has 0 saturated carbocycles. The number of oxazole rings is 1. The number of hydrogen-bond acceptors (Lipinski definition) is 7. The molecule has 3 N–H and O–H groups in total. The zero-order valence-electron chi connectivity index (χ0n) is 8.86. The Labute approximate surface area is 101 Å². The van der Waals surface area contributed by atoms with Gasteiger partial charge in [0.25, 0.3) is 5.22 Å². The summed E-state index contributed by atoms with van der Waals surface area (Å²) in [4.78, 5) is 12.2. The molecule has 8 heteroatoms. The molecule has 0 aromatic carbocycles. The smallest absolute Gasteiger partial charge is 0.263 e. The minimum Gasteiger partial charge on any atom is -0.440 e. The van der Waals surface area contributed by atoms with Crippen molar-refractivity contribution in [3.05, 3.63) is 29.9 Å². The van der Waals surface area contributed by atoms with Gasteiger partial charge in [0.05, 0.1) is 6.20 Å².